The van der Waals surface area contributed by atoms with Gasteiger partial charge in [-0.05, 0) is 29.5 Å². The second-order valence-corrected chi connectivity index (χ2v) is 6.68. The van der Waals surface area contributed by atoms with E-state index in [9.17, 15) is 9.59 Å². The summed E-state index contributed by atoms with van der Waals surface area (Å²) in [6.45, 7) is 8.85. The van der Waals surface area contributed by atoms with Crippen LogP contribution in [-0.2, 0) is 16.1 Å². The molecule has 0 bridgehead atoms. The fourth-order valence-corrected chi connectivity index (χ4v) is 2.44. The lowest BCUT2D eigenvalue weighted by Gasteiger charge is -2.32. The molecule has 1 unspecified atom stereocenters. The topological polar surface area (TPSA) is 62.3 Å². The van der Waals surface area contributed by atoms with Gasteiger partial charge in [-0.3, -0.25) is 14.6 Å². The van der Waals surface area contributed by atoms with Crippen LogP contribution in [-0.4, -0.2) is 34.3 Å². The van der Waals surface area contributed by atoms with Crippen LogP contribution in [0.4, 0.5) is 0 Å². The molecule has 1 atom stereocenters. The highest BCUT2D eigenvalue weighted by Crippen LogP contribution is 2.24. The zero-order valence-corrected chi connectivity index (χ0v) is 13.1. The third-order valence-electron chi connectivity index (χ3n) is 3.85. The smallest absolute Gasteiger partial charge is 0.246 e. The Labute approximate surface area is 125 Å². The number of aryl methyl sites for hydroxylation is 1. The van der Waals surface area contributed by atoms with Gasteiger partial charge in [0.2, 0.25) is 11.8 Å². The Morgan fingerprint density at radius 3 is 2.71 bits per heavy atom. The first-order valence-electron chi connectivity index (χ1n) is 7.26. The van der Waals surface area contributed by atoms with Crippen LogP contribution in [0.1, 0.15) is 38.3 Å². The van der Waals surface area contributed by atoms with Crippen molar-refractivity contribution in [2.24, 2.45) is 5.41 Å². The van der Waals surface area contributed by atoms with Gasteiger partial charge in [-0.1, -0.05) is 20.8 Å². The molecule has 5 nitrogen and oxygen atoms in total. The van der Waals surface area contributed by atoms with Crippen LogP contribution >= 0.6 is 0 Å². The Hall–Kier alpha value is -1.91. The van der Waals surface area contributed by atoms with Gasteiger partial charge < -0.3 is 10.2 Å². The average Bonchev–Trinajstić information content (AvgIpc) is 2.53. The molecule has 0 aromatic carbocycles. The highest BCUT2D eigenvalue weighted by molar-refractivity contribution is 5.90. The second kappa shape index (κ2) is 5.84. The van der Waals surface area contributed by atoms with E-state index in [1.165, 1.54) is 0 Å². The van der Waals surface area contributed by atoms with Crippen LogP contribution in [0, 0.1) is 12.3 Å². The summed E-state index contributed by atoms with van der Waals surface area (Å²) < 4.78 is 0. The van der Waals surface area contributed by atoms with Crippen LogP contribution in [0.5, 0.6) is 0 Å². The molecule has 0 spiro atoms. The van der Waals surface area contributed by atoms with Crippen molar-refractivity contribution in [1.82, 2.24) is 15.2 Å². The van der Waals surface area contributed by atoms with E-state index in [0.29, 0.717) is 19.5 Å². The fraction of sp³-hybridized carbons (Fsp3) is 0.562. The summed E-state index contributed by atoms with van der Waals surface area (Å²) in [4.78, 5) is 30.5. The van der Waals surface area contributed by atoms with Gasteiger partial charge in [0.05, 0.1) is 0 Å². The molecule has 1 N–H and O–H groups in total. The number of nitrogens with one attached hydrogen (secondary N) is 1. The van der Waals surface area contributed by atoms with Crippen molar-refractivity contribution in [3.05, 3.63) is 29.6 Å². The first kappa shape index (κ1) is 15.5. The lowest BCUT2D eigenvalue weighted by Crippen LogP contribution is -2.51. The van der Waals surface area contributed by atoms with Gasteiger partial charge in [0.1, 0.15) is 6.04 Å². The largest absolute Gasteiger partial charge is 0.344 e. The molecule has 21 heavy (non-hydrogen) atoms. The summed E-state index contributed by atoms with van der Waals surface area (Å²) in [5.41, 5.74) is 1.82. The Bertz CT molecular complexity index is 549. The maximum Gasteiger partial charge on any atom is 0.246 e. The molecule has 2 heterocycles. The van der Waals surface area contributed by atoms with E-state index in [2.05, 4.69) is 10.3 Å². The van der Waals surface area contributed by atoms with Crippen molar-refractivity contribution in [2.45, 2.75) is 46.7 Å². The minimum Gasteiger partial charge on any atom is -0.344 e. The van der Waals surface area contributed by atoms with Gasteiger partial charge in [-0.25, -0.2) is 0 Å². The van der Waals surface area contributed by atoms with Gasteiger partial charge in [0, 0.05) is 31.9 Å². The third kappa shape index (κ3) is 3.60. The Kier molecular flexibility index (Phi) is 4.30. The maximum absolute atomic E-state index is 12.7. The van der Waals surface area contributed by atoms with Crippen molar-refractivity contribution >= 4 is 11.8 Å². The zero-order valence-electron chi connectivity index (χ0n) is 13.1. The molecule has 1 aliphatic rings. The van der Waals surface area contributed by atoms with Gasteiger partial charge in [-0.2, -0.15) is 0 Å². The summed E-state index contributed by atoms with van der Waals surface area (Å²) in [7, 11) is 0. The number of aromatic nitrogens is 1. The lowest BCUT2D eigenvalue weighted by atomic mass is 9.86. The molecule has 0 saturated carbocycles. The number of nitrogens with zero attached hydrogens (tertiary/aromatic N) is 2. The van der Waals surface area contributed by atoms with E-state index in [1.54, 1.807) is 17.3 Å². The van der Waals surface area contributed by atoms with Crippen molar-refractivity contribution in [2.75, 3.05) is 6.54 Å². The van der Waals surface area contributed by atoms with Crippen molar-refractivity contribution < 1.29 is 9.59 Å². The van der Waals surface area contributed by atoms with Crippen LogP contribution in [0.3, 0.4) is 0 Å². The fourth-order valence-electron chi connectivity index (χ4n) is 2.44. The summed E-state index contributed by atoms with van der Waals surface area (Å²) >= 11 is 0. The number of carbonyl (C=O) groups is 2. The molecule has 1 aliphatic heterocycles. The molecule has 2 rings (SSSR count). The molecule has 1 aromatic rings. The molecule has 114 valence electrons. The zero-order chi connectivity index (χ0) is 15.6. The first-order valence-corrected chi connectivity index (χ1v) is 7.26. The number of pyridine rings is 1. The second-order valence-electron chi connectivity index (χ2n) is 6.68. The number of carbonyl (C=O) groups excluding carboxylic acids is 2. The molecule has 1 aromatic heterocycles. The van der Waals surface area contributed by atoms with Gasteiger partial charge in [-0.15, -0.1) is 0 Å². The third-order valence-corrected chi connectivity index (χ3v) is 3.85. The average molecular weight is 289 g/mol. The highest BCUT2D eigenvalue weighted by Gasteiger charge is 2.37. The van der Waals surface area contributed by atoms with E-state index in [0.717, 1.165) is 11.1 Å². The van der Waals surface area contributed by atoms with Gasteiger partial charge in [0.15, 0.2) is 0 Å². The SMILES string of the molecule is Cc1ccncc1CN1CCC(=O)NC(C(C)(C)C)C1=O. The molecule has 0 radical (unpaired) electrons. The van der Waals surface area contributed by atoms with E-state index in [4.69, 9.17) is 0 Å². The minimum absolute atomic E-state index is 0.0170. The van der Waals surface area contributed by atoms with Crippen LogP contribution in [0.2, 0.25) is 0 Å². The van der Waals surface area contributed by atoms with Gasteiger partial charge in [0.25, 0.3) is 0 Å². The van der Waals surface area contributed by atoms with Gasteiger partial charge >= 0.3 is 0 Å². The highest BCUT2D eigenvalue weighted by atomic mass is 16.2. The van der Waals surface area contributed by atoms with Crippen molar-refractivity contribution in [1.29, 1.82) is 0 Å². The molecule has 0 aliphatic carbocycles. The molecule has 1 fully saturated rings. The predicted molar refractivity (Wildman–Crippen MR) is 80.4 cm³/mol. The Morgan fingerprint density at radius 2 is 2.10 bits per heavy atom. The number of rotatable bonds is 2. The standard InChI is InChI=1S/C16H23N3O2/c1-11-5-7-17-9-12(11)10-19-8-6-13(20)18-14(15(19)21)16(2,3)4/h5,7,9,14H,6,8,10H2,1-4H3,(H,18,20). The van der Waals surface area contributed by atoms with Crippen LogP contribution in [0.15, 0.2) is 18.5 Å². The number of hydrogen-bond donors (Lipinski definition) is 1. The summed E-state index contributed by atoms with van der Waals surface area (Å²) in [6, 6.07) is 1.45. The normalized spacial score (nSPS) is 20.2. The maximum atomic E-state index is 12.7. The first-order chi connectivity index (χ1) is 9.79. The van der Waals surface area contributed by atoms with E-state index in [-0.39, 0.29) is 17.2 Å². The minimum atomic E-state index is -0.482. The number of hydrogen-bond acceptors (Lipinski definition) is 3. The molecule has 1 saturated heterocycles. The Balaban J connectivity index is 2.24. The van der Waals surface area contributed by atoms with E-state index >= 15 is 0 Å². The van der Waals surface area contributed by atoms with Crippen LogP contribution < -0.4 is 5.32 Å². The van der Waals surface area contributed by atoms with Crippen molar-refractivity contribution in [3.8, 4) is 0 Å². The molecular formula is C16H23N3O2. The molecule has 5 heteroatoms. The van der Waals surface area contributed by atoms with Crippen molar-refractivity contribution in [3.63, 3.8) is 0 Å². The quantitative estimate of drug-likeness (QED) is 0.900. The monoisotopic (exact) mass is 289 g/mol. The summed E-state index contributed by atoms with van der Waals surface area (Å²) in [5.74, 6) is -0.0784. The van der Waals surface area contributed by atoms with Crippen LogP contribution in [0.25, 0.3) is 0 Å². The number of amides is 2. The summed E-state index contributed by atoms with van der Waals surface area (Å²) in [5, 5.41) is 2.85. The molecular weight excluding hydrogens is 266 g/mol. The summed E-state index contributed by atoms with van der Waals surface area (Å²) in [6.07, 6.45) is 3.87. The Morgan fingerprint density at radius 1 is 1.38 bits per heavy atom. The lowest BCUT2D eigenvalue weighted by molar-refractivity contribution is -0.136. The predicted octanol–water partition coefficient (Wildman–Crippen LogP) is 1.65. The van der Waals surface area contributed by atoms with E-state index in [1.807, 2.05) is 33.8 Å². The van der Waals surface area contributed by atoms with E-state index < -0.39 is 6.04 Å². The molecule has 2 amide bonds.